The van der Waals surface area contributed by atoms with Crippen LogP contribution in [-0.4, -0.2) is 10.9 Å². The van der Waals surface area contributed by atoms with Gasteiger partial charge in [0.15, 0.2) is 0 Å². The third-order valence-electron chi connectivity index (χ3n) is 4.79. The molecule has 2 N–H and O–H groups in total. The number of allylic oxidation sites excluding steroid dienone is 2. The SMILES string of the molecule is CC1CCCC=C1NNC(=O)c1cc(-c2cccs2)nc2ccccc12. The highest BCUT2D eigenvalue weighted by molar-refractivity contribution is 7.13. The maximum Gasteiger partial charge on any atom is 0.270 e. The van der Waals surface area contributed by atoms with Gasteiger partial charge in [-0.05, 0) is 48.8 Å². The zero-order chi connectivity index (χ0) is 17.9. The number of hydrazine groups is 1. The van der Waals surface area contributed by atoms with E-state index in [0.717, 1.165) is 40.0 Å². The van der Waals surface area contributed by atoms with E-state index in [1.165, 1.54) is 6.42 Å². The summed E-state index contributed by atoms with van der Waals surface area (Å²) in [4.78, 5) is 18.7. The van der Waals surface area contributed by atoms with Crippen LogP contribution in [0.2, 0.25) is 0 Å². The van der Waals surface area contributed by atoms with Crippen molar-refractivity contribution < 1.29 is 4.79 Å². The largest absolute Gasteiger partial charge is 0.303 e. The Bertz CT molecular complexity index is 963. The molecule has 132 valence electrons. The molecule has 2 heterocycles. The number of hydrogen-bond donors (Lipinski definition) is 2. The van der Waals surface area contributed by atoms with Crippen LogP contribution in [-0.2, 0) is 0 Å². The van der Waals surface area contributed by atoms with Crippen LogP contribution in [0.4, 0.5) is 0 Å². The highest BCUT2D eigenvalue weighted by atomic mass is 32.1. The summed E-state index contributed by atoms with van der Waals surface area (Å²) < 4.78 is 0. The van der Waals surface area contributed by atoms with Crippen molar-refractivity contribution in [2.24, 2.45) is 5.92 Å². The average molecular weight is 363 g/mol. The maximum atomic E-state index is 12.9. The molecule has 1 aromatic carbocycles. The van der Waals surface area contributed by atoms with Crippen LogP contribution in [0.15, 0.2) is 59.6 Å². The number of para-hydroxylation sites is 1. The number of fused-ring (bicyclic) bond motifs is 1. The van der Waals surface area contributed by atoms with Crippen molar-refractivity contribution in [2.45, 2.75) is 26.2 Å². The van der Waals surface area contributed by atoms with E-state index in [2.05, 4.69) is 23.9 Å². The van der Waals surface area contributed by atoms with Crippen molar-refractivity contribution in [3.05, 3.63) is 65.2 Å². The number of amides is 1. The molecule has 0 saturated heterocycles. The van der Waals surface area contributed by atoms with Crippen molar-refractivity contribution in [3.8, 4) is 10.6 Å². The number of rotatable bonds is 4. The summed E-state index contributed by atoms with van der Waals surface area (Å²) in [5.41, 5.74) is 9.40. The molecule has 0 bridgehead atoms. The zero-order valence-corrected chi connectivity index (χ0v) is 15.5. The van der Waals surface area contributed by atoms with Crippen LogP contribution in [0.5, 0.6) is 0 Å². The minimum atomic E-state index is -0.139. The van der Waals surface area contributed by atoms with Crippen LogP contribution < -0.4 is 10.9 Å². The molecule has 0 aliphatic heterocycles. The summed E-state index contributed by atoms with van der Waals surface area (Å²) in [6.45, 7) is 2.18. The molecule has 0 saturated carbocycles. The van der Waals surface area contributed by atoms with Gasteiger partial charge in [-0.25, -0.2) is 4.98 Å². The lowest BCUT2D eigenvalue weighted by Crippen LogP contribution is -2.39. The Morgan fingerprint density at radius 3 is 2.92 bits per heavy atom. The number of carbonyl (C=O) groups excluding carboxylic acids is 1. The first-order valence-corrected chi connectivity index (χ1v) is 9.80. The first-order chi connectivity index (χ1) is 12.7. The molecule has 1 atom stereocenters. The number of nitrogens with zero attached hydrogens (tertiary/aromatic N) is 1. The Balaban J connectivity index is 1.66. The Morgan fingerprint density at radius 2 is 2.12 bits per heavy atom. The van der Waals surface area contributed by atoms with Gasteiger partial charge in [0.25, 0.3) is 5.91 Å². The minimum Gasteiger partial charge on any atom is -0.303 e. The summed E-state index contributed by atoms with van der Waals surface area (Å²) in [5, 5.41) is 2.88. The lowest BCUT2D eigenvalue weighted by Gasteiger charge is -2.22. The second-order valence-electron chi connectivity index (χ2n) is 6.62. The van der Waals surface area contributed by atoms with E-state index in [1.54, 1.807) is 11.3 Å². The highest BCUT2D eigenvalue weighted by Crippen LogP contribution is 2.28. The third kappa shape index (κ3) is 3.35. The fourth-order valence-electron chi connectivity index (χ4n) is 3.32. The first kappa shape index (κ1) is 16.8. The summed E-state index contributed by atoms with van der Waals surface area (Å²) >= 11 is 1.62. The van der Waals surface area contributed by atoms with Crippen LogP contribution in [0, 0.1) is 5.92 Å². The van der Waals surface area contributed by atoms with E-state index in [9.17, 15) is 4.79 Å². The van der Waals surface area contributed by atoms with E-state index in [0.29, 0.717) is 11.5 Å². The van der Waals surface area contributed by atoms with E-state index in [4.69, 9.17) is 4.98 Å². The molecule has 4 nitrogen and oxygen atoms in total. The summed E-state index contributed by atoms with van der Waals surface area (Å²) in [7, 11) is 0. The number of nitrogens with one attached hydrogen (secondary N) is 2. The molecule has 1 unspecified atom stereocenters. The molecule has 0 spiro atoms. The predicted molar refractivity (Wildman–Crippen MR) is 107 cm³/mol. The van der Waals surface area contributed by atoms with Gasteiger partial charge < -0.3 is 5.43 Å². The average Bonchev–Trinajstić information content (AvgIpc) is 3.21. The molecule has 1 aliphatic rings. The summed E-state index contributed by atoms with van der Waals surface area (Å²) in [6.07, 6.45) is 5.59. The molecule has 4 rings (SSSR count). The maximum absolute atomic E-state index is 12.9. The standard InChI is InChI=1S/C21H21N3OS/c1-14-7-2-4-9-17(14)23-24-21(25)16-13-19(20-11-6-12-26-20)22-18-10-5-3-8-15(16)18/h3,5-6,8-14,23H,2,4,7H2,1H3,(H,24,25). The van der Waals surface area contributed by atoms with Crippen molar-refractivity contribution in [1.29, 1.82) is 0 Å². The van der Waals surface area contributed by atoms with E-state index in [-0.39, 0.29) is 5.91 Å². The second-order valence-corrected chi connectivity index (χ2v) is 7.57. The van der Waals surface area contributed by atoms with E-state index in [1.807, 2.05) is 47.8 Å². The topological polar surface area (TPSA) is 54.0 Å². The van der Waals surface area contributed by atoms with Gasteiger partial charge in [0.2, 0.25) is 0 Å². The normalized spacial score (nSPS) is 17.0. The van der Waals surface area contributed by atoms with Crippen molar-refractivity contribution in [2.75, 3.05) is 0 Å². The number of aromatic nitrogens is 1. The van der Waals surface area contributed by atoms with Crippen molar-refractivity contribution in [1.82, 2.24) is 15.8 Å². The van der Waals surface area contributed by atoms with E-state index < -0.39 is 0 Å². The van der Waals surface area contributed by atoms with Gasteiger partial charge in [0.05, 0.1) is 21.7 Å². The molecule has 1 aliphatic carbocycles. The predicted octanol–water partition coefficient (Wildman–Crippen LogP) is 4.90. The van der Waals surface area contributed by atoms with Gasteiger partial charge in [0, 0.05) is 11.1 Å². The molecule has 5 heteroatoms. The van der Waals surface area contributed by atoms with Crippen LogP contribution in [0.3, 0.4) is 0 Å². The molecule has 0 radical (unpaired) electrons. The Hall–Kier alpha value is -2.66. The van der Waals surface area contributed by atoms with Crippen LogP contribution in [0.1, 0.15) is 36.5 Å². The monoisotopic (exact) mass is 363 g/mol. The molecule has 2 aromatic heterocycles. The number of hydrogen-bond acceptors (Lipinski definition) is 4. The van der Waals surface area contributed by atoms with Crippen molar-refractivity contribution >= 4 is 28.1 Å². The smallest absolute Gasteiger partial charge is 0.270 e. The first-order valence-electron chi connectivity index (χ1n) is 8.92. The molecule has 26 heavy (non-hydrogen) atoms. The Labute approximate surface area is 156 Å². The summed E-state index contributed by atoms with van der Waals surface area (Å²) in [6, 6.07) is 13.7. The zero-order valence-electron chi connectivity index (χ0n) is 14.7. The Morgan fingerprint density at radius 1 is 1.23 bits per heavy atom. The number of thiophene rings is 1. The number of carbonyl (C=O) groups is 1. The minimum absolute atomic E-state index is 0.139. The third-order valence-corrected chi connectivity index (χ3v) is 5.68. The van der Waals surface area contributed by atoms with Gasteiger partial charge in [-0.2, -0.15) is 0 Å². The molecule has 0 fully saturated rings. The molecule has 1 amide bonds. The van der Waals surface area contributed by atoms with Gasteiger partial charge >= 0.3 is 0 Å². The van der Waals surface area contributed by atoms with E-state index >= 15 is 0 Å². The fourth-order valence-corrected chi connectivity index (χ4v) is 4.01. The molecular formula is C21H21N3OS. The van der Waals surface area contributed by atoms with Crippen LogP contribution >= 0.6 is 11.3 Å². The lowest BCUT2D eigenvalue weighted by molar-refractivity contribution is 0.0938. The second kappa shape index (κ2) is 7.30. The molecule has 3 aromatic rings. The Kier molecular flexibility index (Phi) is 4.71. The van der Waals surface area contributed by atoms with Gasteiger partial charge in [-0.15, -0.1) is 11.3 Å². The quantitative estimate of drug-likeness (QED) is 0.648. The lowest BCUT2D eigenvalue weighted by atomic mass is 9.94. The van der Waals surface area contributed by atoms with Gasteiger partial charge in [-0.1, -0.05) is 37.3 Å². The number of pyridine rings is 1. The highest BCUT2D eigenvalue weighted by Gasteiger charge is 2.17. The fraction of sp³-hybridized carbons (Fsp3) is 0.238. The van der Waals surface area contributed by atoms with Crippen LogP contribution in [0.25, 0.3) is 21.5 Å². The summed E-state index contributed by atoms with van der Waals surface area (Å²) in [5.74, 6) is 0.306. The van der Waals surface area contributed by atoms with Gasteiger partial charge in [-0.3, -0.25) is 10.2 Å². The molecular weight excluding hydrogens is 342 g/mol. The van der Waals surface area contributed by atoms with Gasteiger partial charge in [0.1, 0.15) is 0 Å². The number of benzene rings is 1. The van der Waals surface area contributed by atoms with Crippen molar-refractivity contribution in [3.63, 3.8) is 0 Å².